The van der Waals surface area contributed by atoms with Crippen molar-refractivity contribution in [2.24, 2.45) is 0 Å². The minimum absolute atomic E-state index is 0.0310. The van der Waals surface area contributed by atoms with Gasteiger partial charge in [0.2, 0.25) is 0 Å². The monoisotopic (exact) mass is 439 g/mol. The van der Waals surface area contributed by atoms with Gasteiger partial charge in [-0.3, -0.25) is 4.79 Å². The molecule has 0 aliphatic rings. The zero-order valence-corrected chi connectivity index (χ0v) is 17.2. The predicted octanol–water partition coefficient (Wildman–Crippen LogP) is 6.04. The predicted molar refractivity (Wildman–Crippen MR) is 114 cm³/mol. The van der Waals surface area contributed by atoms with Crippen LogP contribution in [0.4, 0.5) is 0 Å². The summed E-state index contributed by atoms with van der Waals surface area (Å²) in [4.78, 5) is 16.7. The molecule has 1 aromatic heterocycles. The van der Waals surface area contributed by atoms with Gasteiger partial charge in [-0.1, -0.05) is 46.3 Å². The van der Waals surface area contributed by atoms with Crippen molar-refractivity contribution in [1.29, 1.82) is 0 Å². The largest absolute Gasteiger partial charge is 0.496 e. The molecule has 0 bridgehead atoms. The third-order valence-electron chi connectivity index (χ3n) is 3.85. The molecule has 0 fully saturated rings. The van der Waals surface area contributed by atoms with Crippen molar-refractivity contribution in [3.8, 4) is 5.75 Å². The molecule has 0 saturated carbocycles. The van der Waals surface area contributed by atoms with Crippen molar-refractivity contribution in [2.45, 2.75) is 10.8 Å². The zero-order valence-electron chi connectivity index (χ0n) is 14.8. The lowest BCUT2D eigenvalue weighted by atomic mass is 10.1. The van der Waals surface area contributed by atoms with E-state index in [0.29, 0.717) is 5.56 Å². The summed E-state index contributed by atoms with van der Waals surface area (Å²) in [7, 11) is 1.66. The Kier molecular flexibility index (Phi) is 6.85. The van der Waals surface area contributed by atoms with Crippen molar-refractivity contribution < 1.29 is 9.53 Å². The van der Waals surface area contributed by atoms with Gasteiger partial charge < -0.3 is 4.74 Å². The number of hydrogen-bond acceptors (Lipinski definition) is 4. The van der Waals surface area contributed by atoms with Gasteiger partial charge in [0, 0.05) is 27.5 Å². The fourth-order valence-corrected chi connectivity index (χ4v) is 3.75. The molecule has 0 aliphatic carbocycles. The van der Waals surface area contributed by atoms with Gasteiger partial charge >= 0.3 is 0 Å². The molecule has 3 nitrogen and oxygen atoms in total. The second kappa shape index (κ2) is 9.53. The molecule has 27 heavy (non-hydrogen) atoms. The number of thioether (sulfide) groups is 1. The van der Waals surface area contributed by atoms with Crippen LogP contribution in [0.25, 0.3) is 6.08 Å². The number of carbonyl (C=O) groups is 1. The fourth-order valence-electron chi connectivity index (χ4n) is 2.51. The maximum atomic E-state index is 12.3. The number of hydrogen-bond donors (Lipinski definition) is 0. The Morgan fingerprint density at radius 3 is 2.78 bits per heavy atom. The highest BCUT2D eigenvalue weighted by atomic mass is 79.9. The van der Waals surface area contributed by atoms with Gasteiger partial charge in [-0.15, -0.1) is 11.8 Å². The van der Waals surface area contributed by atoms with Crippen LogP contribution in [-0.2, 0) is 5.75 Å². The van der Waals surface area contributed by atoms with Crippen LogP contribution >= 0.6 is 27.7 Å². The lowest BCUT2D eigenvalue weighted by Crippen LogP contribution is -1.94. The van der Waals surface area contributed by atoms with E-state index in [2.05, 4.69) is 20.9 Å². The molecule has 0 saturated heterocycles. The van der Waals surface area contributed by atoms with E-state index < -0.39 is 0 Å². The van der Waals surface area contributed by atoms with E-state index in [9.17, 15) is 4.79 Å². The summed E-state index contributed by atoms with van der Waals surface area (Å²) in [6.07, 6.45) is 5.21. The van der Waals surface area contributed by atoms with Gasteiger partial charge in [-0.25, -0.2) is 4.98 Å². The van der Waals surface area contributed by atoms with Crippen LogP contribution in [-0.4, -0.2) is 17.9 Å². The number of carbonyl (C=O) groups excluding carboxylic acids is 1. The van der Waals surface area contributed by atoms with Crippen molar-refractivity contribution >= 4 is 39.6 Å². The summed E-state index contributed by atoms with van der Waals surface area (Å²) in [5.74, 6) is 1.53. The van der Waals surface area contributed by atoms with E-state index >= 15 is 0 Å². The number of benzene rings is 2. The van der Waals surface area contributed by atoms with Crippen LogP contribution in [0.3, 0.4) is 0 Å². The zero-order chi connectivity index (χ0) is 19.1. The molecule has 0 unspecified atom stereocenters. The molecular weight excluding hydrogens is 422 g/mol. The highest BCUT2D eigenvalue weighted by Crippen LogP contribution is 2.28. The Bertz CT molecular complexity index is 958. The first-order valence-corrected chi connectivity index (χ1v) is 10.1. The molecular formula is C22H18BrNO2S. The van der Waals surface area contributed by atoms with Crippen molar-refractivity contribution in [2.75, 3.05) is 7.11 Å². The average molecular weight is 440 g/mol. The highest BCUT2D eigenvalue weighted by molar-refractivity contribution is 9.10. The number of rotatable bonds is 7. The van der Waals surface area contributed by atoms with Gasteiger partial charge in [0.1, 0.15) is 5.75 Å². The first kappa shape index (κ1) is 19.4. The van der Waals surface area contributed by atoms with E-state index in [1.165, 1.54) is 0 Å². The highest BCUT2D eigenvalue weighted by Gasteiger charge is 2.06. The van der Waals surface area contributed by atoms with Crippen molar-refractivity contribution in [3.05, 3.63) is 94.1 Å². The molecule has 5 heteroatoms. The van der Waals surface area contributed by atoms with Gasteiger partial charge in [0.25, 0.3) is 0 Å². The van der Waals surface area contributed by atoms with Crippen LogP contribution in [0, 0.1) is 0 Å². The van der Waals surface area contributed by atoms with Gasteiger partial charge in [0.05, 0.1) is 12.1 Å². The number of aromatic nitrogens is 1. The van der Waals surface area contributed by atoms with E-state index in [-0.39, 0.29) is 5.78 Å². The van der Waals surface area contributed by atoms with Crippen LogP contribution in [0.2, 0.25) is 0 Å². The van der Waals surface area contributed by atoms with Crippen LogP contribution in [0.5, 0.6) is 5.75 Å². The third-order valence-corrected chi connectivity index (χ3v) is 5.34. The quantitative estimate of drug-likeness (QED) is 0.255. The molecule has 2 aromatic carbocycles. The molecule has 1 heterocycles. The molecule has 0 atom stereocenters. The Labute approximate surface area is 171 Å². The lowest BCUT2D eigenvalue weighted by molar-refractivity contribution is 0.104. The topological polar surface area (TPSA) is 39.2 Å². The molecule has 3 rings (SSSR count). The Hall–Kier alpha value is -2.37. The van der Waals surface area contributed by atoms with Gasteiger partial charge in [-0.05, 0) is 48.0 Å². The Balaban J connectivity index is 1.75. The second-order valence-corrected chi connectivity index (χ2v) is 7.65. The van der Waals surface area contributed by atoms with E-state index in [1.807, 2.05) is 60.7 Å². The number of halogens is 1. The number of allylic oxidation sites excluding steroid dienone is 1. The molecule has 0 N–H and O–H groups in total. The third kappa shape index (κ3) is 5.55. The van der Waals surface area contributed by atoms with Crippen LogP contribution in [0.15, 0.2) is 82.4 Å². The van der Waals surface area contributed by atoms with Crippen molar-refractivity contribution in [3.63, 3.8) is 0 Å². The van der Waals surface area contributed by atoms with E-state index in [1.54, 1.807) is 37.2 Å². The Morgan fingerprint density at radius 2 is 2.04 bits per heavy atom. The SMILES string of the molecule is COc1ccc(/C=C/C(=O)c2cccc(Br)c2)cc1CSc1ccccn1. The normalized spacial score (nSPS) is 10.9. The molecule has 0 spiro atoms. The molecule has 136 valence electrons. The summed E-state index contributed by atoms with van der Waals surface area (Å²) < 4.78 is 6.36. The first-order valence-electron chi connectivity index (χ1n) is 8.34. The second-order valence-electron chi connectivity index (χ2n) is 5.74. The van der Waals surface area contributed by atoms with Gasteiger partial charge in [-0.2, -0.15) is 0 Å². The Morgan fingerprint density at radius 1 is 1.15 bits per heavy atom. The van der Waals surface area contributed by atoms with E-state index in [4.69, 9.17) is 4.74 Å². The molecule has 0 radical (unpaired) electrons. The smallest absolute Gasteiger partial charge is 0.185 e. The minimum atomic E-state index is -0.0310. The van der Waals surface area contributed by atoms with Gasteiger partial charge in [0.15, 0.2) is 5.78 Å². The number of methoxy groups -OCH3 is 1. The molecule has 0 amide bonds. The number of nitrogens with zero attached hydrogens (tertiary/aromatic N) is 1. The maximum Gasteiger partial charge on any atom is 0.185 e. The van der Waals surface area contributed by atoms with Crippen LogP contribution < -0.4 is 4.74 Å². The summed E-state index contributed by atoms with van der Waals surface area (Å²) in [5, 5.41) is 0.963. The average Bonchev–Trinajstić information content (AvgIpc) is 2.71. The summed E-state index contributed by atoms with van der Waals surface area (Å²) >= 11 is 5.04. The van der Waals surface area contributed by atoms with Crippen molar-refractivity contribution in [1.82, 2.24) is 4.98 Å². The summed E-state index contributed by atoms with van der Waals surface area (Å²) in [5.41, 5.74) is 2.67. The standard InChI is InChI=1S/C22H18BrNO2S/c1-26-21-11-9-16(8-10-20(25)17-5-4-6-19(23)14-17)13-18(21)15-27-22-7-2-3-12-24-22/h2-14H,15H2,1H3/b10-8+. The summed E-state index contributed by atoms with van der Waals surface area (Å²) in [6.45, 7) is 0. The van der Waals surface area contributed by atoms with E-state index in [0.717, 1.165) is 32.1 Å². The molecule has 3 aromatic rings. The number of ether oxygens (including phenoxy) is 1. The van der Waals surface area contributed by atoms with Crippen LogP contribution in [0.1, 0.15) is 21.5 Å². The number of ketones is 1. The fraction of sp³-hybridized carbons (Fsp3) is 0.0909. The minimum Gasteiger partial charge on any atom is -0.496 e. The molecule has 0 aliphatic heterocycles. The lowest BCUT2D eigenvalue weighted by Gasteiger charge is -2.09. The maximum absolute atomic E-state index is 12.3. The summed E-state index contributed by atoms with van der Waals surface area (Å²) in [6, 6.07) is 19.1. The first-order chi connectivity index (χ1) is 13.2. The number of pyridine rings is 1.